The first-order chi connectivity index (χ1) is 8.91. The van der Waals surface area contributed by atoms with Gasteiger partial charge in [-0.1, -0.05) is 27.5 Å². The highest BCUT2D eigenvalue weighted by Gasteiger charge is 2.39. The molecule has 6 heteroatoms. The zero-order valence-corrected chi connectivity index (χ0v) is 12.6. The van der Waals surface area contributed by atoms with E-state index in [-0.39, 0.29) is 11.9 Å². The summed E-state index contributed by atoms with van der Waals surface area (Å²) in [5, 5.41) is 9.44. The van der Waals surface area contributed by atoms with Gasteiger partial charge in [0.05, 0.1) is 10.6 Å². The first-order valence-electron chi connectivity index (χ1n) is 5.92. The summed E-state index contributed by atoms with van der Waals surface area (Å²) >= 11 is 9.32. The Balaban J connectivity index is 2.34. The van der Waals surface area contributed by atoms with E-state index in [1.165, 1.54) is 11.8 Å². The van der Waals surface area contributed by atoms with Crippen LogP contribution in [-0.4, -0.2) is 34.0 Å². The standard InChI is InChI=1S/C13H13BrClNO3/c1-7(13(18)19)16(9-3-4-9)12(17)10-6-8(14)2-5-11(10)15/h2,5-7,9H,3-4H2,1H3,(H,18,19). The summed E-state index contributed by atoms with van der Waals surface area (Å²) in [7, 11) is 0. The van der Waals surface area contributed by atoms with Gasteiger partial charge in [-0.15, -0.1) is 0 Å². The van der Waals surface area contributed by atoms with Crippen LogP contribution in [0, 0.1) is 0 Å². The predicted octanol–water partition coefficient (Wildman–Crippen LogP) is 3.18. The average Bonchev–Trinajstić information content (AvgIpc) is 3.16. The topological polar surface area (TPSA) is 57.6 Å². The maximum Gasteiger partial charge on any atom is 0.326 e. The normalized spacial score (nSPS) is 15.9. The Hall–Kier alpha value is -1.07. The maximum absolute atomic E-state index is 12.5. The van der Waals surface area contributed by atoms with E-state index in [0.29, 0.717) is 10.6 Å². The number of hydrogen-bond acceptors (Lipinski definition) is 2. The van der Waals surface area contributed by atoms with Crippen LogP contribution in [-0.2, 0) is 4.79 Å². The van der Waals surface area contributed by atoms with Gasteiger partial charge in [0, 0.05) is 10.5 Å². The van der Waals surface area contributed by atoms with E-state index in [0.717, 1.165) is 17.3 Å². The molecule has 1 fully saturated rings. The molecule has 2 rings (SSSR count). The van der Waals surface area contributed by atoms with Gasteiger partial charge in [0.1, 0.15) is 6.04 Å². The van der Waals surface area contributed by atoms with Crippen molar-refractivity contribution >= 4 is 39.4 Å². The quantitative estimate of drug-likeness (QED) is 0.911. The molecule has 1 amide bonds. The number of carbonyl (C=O) groups excluding carboxylic acids is 1. The second-order valence-corrected chi connectivity index (χ2v) is 5.90. The maximum atomic E-state index is 12.5. The summed E-state index contributed by atoms with van der Waals surface area (Å²) in [6.07, 6.45) is 1.68. The van der Waals surface area contributed by atoms with Crippen LogP contribution in [0.4, 0.5) is 0 Å². The van der Waals surface area contributed by atoms with Gasteiger partial charge in [-0.25, -0.2) is 4.79 Å². The van der Waals surface area contributed by atoms with Gasteiger partial charge in [-0.3, -0.25) is 4.79 Å². The molecule has 1 aromatic rings. The second kappa shape index (κ2) is 5.51. The lowest BCUT2D eigenvalue weighted by atomic mass is 10.1. The van der Waals surface area contributed by atoms with Crippen LogP contribution in [0.15, 0.2) is 22.7 Å². The number of aliphatic carboxylic acids is 1. The number of carboxylic acids is 1. The fourth-order valence-corrected chi connectivity index (χ4v) is 2.49. The van der Waals surface area contributed by atoms with Gasteiger partial charge in [0.2, 0.25) is 0 Å². The third-order valence-corrected chi connectivity index (χ3v) is 3.93. The Labute approximate surface area is 124 Å². The second-order valence-electron chi connectivity index (χ2n) is 4.58. The Kier molecular flexibility index (Phi) is 4.16. The number of amides is 1. The third kappa shape index (κ3) is 3.09. The summed E-state index contributed by atoms with van der Waals surface area (Å²) in [6, 6.07) is 4.13. The van der Waals surface area contributed by atoms with E-state index in [4.69, 9.17) is 16.7 Å². The van der Waals surface area contributed by atoms with Crippen molar-refractivity contribution in [2.24, 2.45) is 0 Å². The molecular weight excluding hydrogens is 334 g/mol. The molecule has 19 heavy (non-hydrogen) atoms. The van der Waals surface area contributed by atoms with Crippen LogP contribution in [0.1, 0.15) is 30.1 Å². The highest BCUT2D eigenvalue weighted by Crippen LogP contribution is 2.32. The monoisotopic (exact) mass is 345 g/mol. The molecule has 0 aromatic heterocycles. The van der Waals surface area contributed by atoms with Crippen molar-refractivity contribution in [3.05, 3.63) is 33.3 Å². The number of carboxylic acid groups (broad SMARTS) is 1. The van der Waals surface area contributed by atoms with Crippen molar-refractivity contribution < 1.29 is 14.7 Å². The van der Waals surface area contributed by atoms with Crippen molar-refractivity contribution in [2.45, 2.75) is 31.8 Å². The van der Waals surface area contributed by atoms with E-state index in [9.17, 15) is 9.59 Å². The number of hydrogen-bond donors (Lipinski definition) is 1. The third-order valence-electron chi connectivity index (χ3n) is 3.11. The Morgan fingerprint density at radius 1 is 1.47 bits per heavy atom. The van der Waals surface area contributed by atoms with Crippen LogP contribution in [0.3, 0.4) is 0 Å². The first kappa shape index (κ1) is 14.3. The average molecular weight is 347 g/mol. The highest BCUT2D eigenvalue weighted by molar-refractivity contribution is 9.10. The van der Waals surface area contributed by atoms with Gasteiger partial charge >= 0.3 is 5.97 Å². The lowest BCUT2D eigenvalue weighted by Crippen LogP contribution is -2.44. The van der Waals surface area contributed by atoms with Crippen molar-refractivity contribution in [2.75, 3.05) is 0 Å². The van der Waals surface area contributed by atoms with Crippen LogP contribution in [0.2, 0.25) is 5.02 Å². The van der Waals surface area contributed by atoms with E-state index in [2.05, 4.69) is 15.9 Å². The lowest BCUT2D eigenvalue weighted by Gasteiger charge is -2.27. The van der Waals surface area contributed by atoms with E-state index in [1.54, 1.807) is 18.2 Å². The minimum atomic E-state index is -1.01. The zero-order chi connectivity index (χ0) is 14.2. The summed E-state index contributed by atoms with van der Waals surface area (Å²) in [5.74, 6) is -1.34. The summed E-state index contributed by atoms with van der Waals surface area (Å²) in [4.78, 5) is 25.0. The molecule has 4 nitrogen and oxygen atoms in total. The molecule has 102 valence electrons. The summed E-state index contributed by atoms with van der Waals surface area (Å²) in [5.41, 5.74) is 0.330. The van der Waals surface area contributed by atoms with Crippen molar-refractivity contribution in [3.8, 4) is 0 Å². The van der Waals surface area contributed by atoms with Crippen LogP contribution in [0.5, 0.6) is 0 Å². The Morgan fingerprint density at radius 3 is 2.63 bits per heavy atom. The molecule has 0 heterocycles. The fraction of sp³-hybridized carbons (Fsp3) is 0.385. The molecule has 1 aromatic carbocycles. The molecule has 1 unspecified atom stereocenters. The SMILES string of the molecule is CC(C(=O)O)N(C(=O)c1cc(Br)ccc1Cl)C1CC1. The smallest absolute Gasteiger partial charge is 0.326 e. The molecule has 0 radical (unpaired) electrons. The lowest BCUT2D eigenvalue weighted by molar-refractivity contribution is -0.141. The Bertz CT molecular complexity index is 531. The number of nitrogens with zero attached hydrogens (tertiary/aromatic N) is 1. The molecule has 1 aliphatic rings. The molecule has 0 bridgehead atoms. The van der Waals surface area contributed by atoms with Crippen LogP contribution >= 0.6 is 27.5 Å². The van der Waals surface area contributed by atoms with Gasteiger partial charge in [0.15, 0.2) is 0 Å². The predicted molar refractivity (Wildman–Crippen MR) is 75.4 cm³/mol. The molecular formula is C13H13BrClNO3. The van der Waals surface area contributed by atoms with E-state index < -0.39 is 12.0 Å². The molecule has 1 saturated carbocycles. The highest BCUT2D eigenvalue weighted by atomic mass is 79.9. The molecule has 1 N–H and O–H groups in total. The molecule has 1 aliphatic carbocycles. The Morgan fingerprint density at radius 2 is 2.11 bits per heavy atom. The van der Waals surface area contributed by atoms with Crippen LogP contribution in [0.25, 0.3) is 0 Å². The van der Waals surface area contributed by atoms with Crippen molar-refractivity contribution in [1.82, 2.24) is 4.90 Å². The number of rotatable bonds is 4. The van der Waals surface area contributed by atoms with Crippen LogP contribution < -0.4 is 0 Å². The largest absolute Gasteiger partial charge is 0.480 e. The van der Waals surface area contributed by atoms with Crippen molar-refractivity contribution in [3.63, 3.8) is 0 Å². The number of carbonyl (C=O) groups is 2. The summed E-state index contributed by atoms with van der Waals surface area (Å²) in [6.45, 7) is 1.52. The van der Waals surface area contributed by atoms with Gasteiger partial charge in [-0.05, 0) is 38.0 Å². The molecule has 1 atom stereocenters. The first-order valence-corrected chi connectivity index (χ1v) is 7.09. The minimum Gasteiger partial charge on any atom is -0.480 e. The number of halogens is 2. The number of benzene rings is 1. The van der Waals surface area contributed by atoms with E-state index in [1.807, 2.05) is 0 Å². The molecule has 0 spiro atoms. The molecule has 0 saturated heterocycles. The van der Waals surface area contributed by atoms with Gasteiger partial charge < -0.3 is 10.0 Å². The summed E-state index contributed by atoms with van der Waals surface area (Å²) < 4.78 is 0.735. The van der Waals surface area contributed by atoms with E-state index >= 15 is 0 Å². The fourth-order valence-electron chi connectivity index (χ4n) is 1.93. The van der Waals surface area contributed by atoms with Gasteiger partial charge in [0.25, 0.3) is 5.91 Å². The van der Waals surface area contributed by atoms with Gasteiger partial charge in [-0.2, -0.15) is 0 Å². The zero-order valence-electron chi connectivity index (χ0n) is 10.3. The minimum absolute atomic E-state index is 0.00801. The molecule has 0 aliphatic heterocycles. The van der Waals surface area contributed by atoms with Crippen molar-refractivity contribution in [1.29, 1.82) is 0 Å².